The standard InChI is InChI=1S/C17H27NO2S/c1-13(2)17(12-19)18-21(20,15-6-4-5-7-15)16-10-8-14(3)9-11-16/h8-11,13,15,17,19H,4-7,12H2,1-3H3/t17-,21?/m1/s1. The van der Waals surface area contributed by atoms with Crippen LogP contribution < -0.4 is 0 Å². The van der Waals surface area contributed by atoms with E-state index < -0.39 is 9.73 Å². The molecule has 0 saturated heterocycles. The highest BCUT2D eigenvalue weighted by Crippen LogP contribution is 2.32. The van der Waals surface area contributed by atoms with E-state index in [-0.39, 0.29) is 23.8 Å². The third-order valence-electron chi connectivity index (χ3n) is 4.36. The van der Waals surface area contributed by atoms with E-state index in [1.54, 1.807) is 0 Å². The Kier molecular flexibility index (Phi) is 5.44. The molecule has 1 fully saturated rings. The topological polar surface area (TPSA) is 49.7 Å². The molecule has 1 aromatic rings. The Bertz CT molecular complexity index is 565. The summed E-state index contributed by atoms with van der Waals surface area (Å²) in [7, 11) is -2.45. The molecule has 21 heavy (non-hydrogen) atoms. The molecule has 1 aliphatic carbocycles. The van der Waals surface area contributed by atoms with Crippen molar-refractivity contribution in [1.29, 1.82) is 0 Å². The van der Waals surface area contributed by atoms with Crippen molar-refractivity contribution in [3.8, 4) is 0 Å². The smallest absolute Gasteiger partial charge is 0.0850 e. The zero-order valence-electron chi connectivity index (χ0n) is 13.3. The van der Waals surface area contributed by atoms with E-state index >= 15 is 0 Å². The number of hydrogen-bond acceptors (Lipinski definition) is 3. The van der Waals surface area contributed by atoms with Gasteiger partial charge in [-0.05, 0) is 37.8 Å². The maximum atomic E-state index is 13.7. The van der Waals surface area contributed by atoms with Crippen LogP contribution >= 0.6 is 0 Å². The van der Waals surface area contributed by atoms with Gasteiger partial charge in [0.05, 0.1) is 22.4 Å². The Morgan fingerprint density at radius 3 is 2.29 bits per heavy atom. The zero-order chi connectivity index (χ0) is 15.5. The van der Waals surface area contributed by atoms with Crippen molar-refractivity contribution in [2.24, 2.45) is 10.3 Å². The van der Waals surface area contributed by atoms with E-state index in [2.05, 4.69) is 4.36 Å². The van der Waals surface area contributed by atoms with Crippen molar-refractivity contribution in [1.82, 2.24) is 0 Å². The summed E-state index contributed by atoms with van der Waals surface area (Å²) in [5, 5.41) is 9.71. The second-order valence-corrected chi connectivity index (χ2v) is 8.87. The number of benzene rings is 1. The van der Waals surface area contributed by atoms with E-state index in [0.717, 1.165) is 36.1 Å². The Morgan fingerprint density at radius 1 is 1.24 bits per heavy atom. The van der Waals surface area contributed by atoms with Gasteiger partial charge in [0.1, 0.15) is 0 Å². The van der Waals surface area contributed by atoms with Crippen molar-refractivity contribution in [2.75, 3.05) is 6.61 Å². The van der Waals surface area contributed by atoms with Crippen LogP contribution in [0.5, 0.6) is 0 Å². The summed E-state index contributed by atoms with van der Waals surface area (Å²) in [6, 6.07) is 7.66. The molecule has 4 heteroatoms. The average Bonchev–Trinajstić information content (AvgIpc) is 2.99. The van der Waals surface area contributed by atoms with E-state index in [9.17, 15) is 9.32 Å². The number of hydrogen-bond donors (Lipinski definition) is 1. The molecule has 0 heterocycles. The first-order valence-electron chi connectivity index (χ1n) is 7.90. The van der Waals surface area contributed by atoms with Gasteiger partial charge in [-0.15, -0.1) is 0 Å². The molecule has 2 atom stereocenters. The van der Waals surface area contributed by atoms with Crippen LogP contribution in [-0.2, 0) is 9.73 Å². The molecule has 2 rings (SSSR count). The van der Waals surface area contributed by atoms with Gasteiger partial charge in [-0.3, -0.25) is 0 Å². The first kappa shape index (κ1) is 16.5. The maximum Gasteiger partial charge on any atom is 0.0850 e. The highest BCUT2D eigenvalue weighted by molar-refractivity contribution is 7.94. The second kappa shape index (κ2) is 6.93. The monoisotopic (exact) mass is 309 g/mol. The molecule has 118 valence electrons. The lowest BCUT2D eigenvalue weighted by molar-refractivity contribution is 0.240. The average molecular weight is 309 g/mol. The van der Waals surface area contributed by atoms with Crippen LogP contribution in [-0.4, -0.2) is 27.2 Å². The minimum absolute atomic E-state index is 0.0345. The fraction of sp³-hybridized carbons (Fsp3) is 0.647. The van der Waals surface area contributed by atoms with E-state index in [1.165, 1.54) is 0 Å². The van der Waals surface area contributed by atoms with Crippen molar-refractivity contribution >= 4 is 9.73 Å². The van der Waals surface area contributed by atoms with Gasteiger partial charge in [-0.25, -0.2) is 8.57 Å². The van der Waals surface area contributed by atoms with Crippen molar-refractivity contribution in [2.45, 2.75) is 62.6 Å². The first-order valence-corrected chi connectivity index (χ1v) is 9.48. The normalized spacial score (nSPS) is 20.4. The van der Waals surface area contributed by atoms with E-state index in [4.69, 9.17) is 0 Å². The summed E-state index contributed by atoms with van der Waals surface area (Å²) < 4.78 is 18.4. The minimum atomic E-state index is -2.45. The minimum Gasteiger partial charge on any atom is -0.394 e. The second-order valence-electron chi connectivity index (χ2n) is 6.39. The molecule has 1 saturated carbocycles. The molecule has 1 aliphatic rings. The van der Waals surface area contributed by atoms with E-state index in [0.29, 0.717) is 0 Å². The van der Waals surface area contributed by atoms with Crippen LogP contribution in [0, 0.1) is 12.8 Å². The number of aliphatic hydroxyl groups excluding tert-OH is 1. The van der Waals surface area contributed by atoms with Gasteiger partial charge >= 0.3 is 0 Å². The fourth-order valence-electron chi connectivity index (χ4n) is 2.85. The number of aryl methyl sites for hydroxylation is 1. The van der Waals surface area contributed by atoms with Crippen molar-refractivity contribution in [3.05, 3.63) is 29.8 Å². The summed E-state index contributed by atoms with van der Waals surface area (Å²) in [6.45, 7) is 6.04. The number of aliphatic hydroxyl groups is 1. The lowest BCUT2D eigenvalue weighted by Crippen LogP contribution is -2.25. The van der Waals surface area contributed by atoms with Crippen LogP contribution in [0.25, 0.3) is 0 Å². The summed E-state index contributed by atoms with van der Waals surface area (Å²) >= 11 is 0. The maximum absolute atomic E-state index is 13.7. The van der Waals surface area contributed by atoms with Crippen LogP contribution in [0.15, 0.2) is 33.5 Å². The Labute approximate surface area is 129 Å². The van der Waals surface area contributed by atoms with Crippen LogP contribution in [0.4, 0.5) is 0 Å². The Morgan fingerprint density at radius 2 is 1.81 bits per heavy atom. The lowest BCUT2D eigenvalue weighted by atomic mass is 10.1. The zero-order valence-corrected chi connectivity index (χ0v) is 14.1. The quantitative estimate of drug-likeness (QED) is 0.900. The van der Waals surface area contributed by atoms with Gasteiger partial charge in [-0.2, -0.15) is 0 Å². The summed E-state index contributed by atoms with van der Waals surface area (Å²) in [4.78, 5) is 0.833. The van der Waals surface area contributed by atoms with Gasteiger partial charge < -0.3 is 5.11 Å². The van der Waals surface area contributed by atoms with Crippen LogP contribution in [0.2, 0.25) is 0 Å². The molecule has 0 aromatic heterocycles. The molecule has 0 bridgehead atoms. The summed E-state index contributed by atoms with van der Waals surface area (Å²) in [5.74, 6) is 0.197. The molecular weight excluding hydrogens is 282 g/mol. The van der Waals surface area contributed by atoms with Crippen molar-refractivity contribution < 1.29 is 9.32 Å². The Hall–Kier alpha value is -0.870. The van der Waals surface area contributed by atoms with Crippen LogP contribution in [0.1, 0.15) is 45.1 Å². The molecule has 0 radical (unpaired) electrons. The highest BCUT2D eigenvalue weighted by atomic mass is 32.2. The lowest BCUT2D eigenvalue weighted by Gasteiger charge is -2.22. The fourth-order valence-corrected chi connectivity index (χ4v) is 5.74. The molecule has 3 nitrogen and oxygen atoms in total. The Balaban J connectivity index is 2.50. The SMILES string of the molecule is Cc1ccc(S(=O)(=N[C@H](CO)C(C)C)C2CCCC2)cc1. The molecular formula is C17H27NO2S. The van der Waals surface area contributed by atoms with Gasteiger partial charge in [-0.1, -0.05) is 44.4 Å². The highest BCUT2D eigenvalue weighted by Gasteiger charge is 2.30. The van der Waals surface area contributed by atoms with Gasteiger partial charge in [0, 0.05) is 10.1 Å². The van der Waals surface area contributed by atoms with Gasteiger partial charge in [0.2, 0.25) is 0 Å². The predicted octanol–water partition coefficient (Wildman–Crippen LogP) is 3.78. The largest absolute Gasteiger partial charge is 0.394 e. The summed E-state index contributed by atoms with van der Waals surface area (Å²) in [6.07, 6.45) is 4.22. The number of nitrogens with zero attached hydrogens (tertiary/aromatic N) is 1. The molecule has 0 spiro atoms. The van der Waals surface area contributed by atoms with E-state index in [1.807, 2.05) is 45.0 Å². The summed E-state index contributed by atoms with van der Waals surface area (Å²) in [5.41, 5.74) is 1.16. The predicted molar refractivity (Wildman–Crippen MR) is 88.0 cm³/mol. The number of rotatable bonds is 5. The first-order chi connectivity index (χ1) is 9.97. The van der Waals surface area contributed by atoms with Gasteiger partial charge in [0.25, 0.3) is 0 Å². The molecule has 0 amide bonds. The van der Waals surface area contributed by atoms with Gasteiger partial charge in [0.15, 0.2) is 0 Å². The molecule has 1 aromatic carbocycles. The third-order valence-corrected chi connectivity index (χ3v) is 7.27. The molecule has 0 aliphatic heterocycles. The molecule has 1 unspecified atom stereocenters. The van der Waals surface area contributed by atoms with Crippen LogP contribution in [0.3, 0.4) is 0 Å². The third kappa shape index (κ3) is 3.67. The van der Waals surface area contributed by atoms with Crippen molar-refractivity contribution in [3.63, 3.8) is 0 Å². The molecule has 1 N–H and O–H groups in total.